The van der Waals surface area contributed by atoms with Gasteiger partial charge in [0.15, 0.2) is 0 Å². The van der Waals surface area contributed by atoms with Crippen LogP contribution in [0.25, 0.3) is 11.5 Å². The molecule has 2 rings (SSSR count). The molecule has 5 nitrogen and oxygen atoms in total. The van der Waals surface area contributed by atoms with E-state index in [2.05, 4.69) is 14.1 Å². The number of nitrogens with zero attached hydrogens (tertiary/aromatic N) is 1. The minimum atomic E-state index is -4.91. The molecule has 0 spiro atoms. The van der Waals surface area contributed by atoms with Gasteiger partial charge in [0, 0.05) is 5.56 Å². The van der Waals surface area contributed by atoms with Gasteiger partial charge in [-0.05, 0) is 18.1 Å². The molecular formula is C13H10F3NO4. The van der Waals surface area contributed by atoms with E-state index in [0.717, 1.165) is 0 Å². The zero-order valence-corrected chi connectivity index (χ0v) is 10.8. The normalized spacial score (nSPS) is 11.4. The molecule has 1 aromatic heterocycles. The van der Waals surface area contributed by atoms with Gasteiger partial charge in [-0.3, -0.25) is 0 Å². The second-order valence-corrected chi connectivity index (χ2v) is 4.03. The molecule has 1 N–H and O–H groups in total. The van der Waals surface area contributed by atoms with Crippen LogP contribution in [0, 0.1) is 0 Å². The highest BCUT2D eigenvalue weighted by molar-refractivity contribution is 5.63. The molecule has 8 heteroatoms. The Hall–Kier alpha value is -2.51. The van der Waals surface area contributed by atoms with E-state index in [1.54, 1.807) is 18.2 Å². The van der Waals surface area contributed by atoms with Gasteiger partial charge >= 0.3 is 12.3 Å². The first-order valence-corrected chi connectivity index (χ1v) is 5.90. The Kier molecular flexibility index (Phi) is 3.88. The van der Waals surface area contributed by atoms with Crippen LogP contribution >= 0.6 is 0 Å². The van der Waals surface area contributed by atoms with E-state index >= 15 is 0 Å². The molecule has 21 heavy (non-hydrogen) atoms. The van der Waals surface area contributed by atoms with Crippen molar-refractivity contribution in [2.45, 2.75) is 19.5 Å². The van der Waals surface area contributed by atoms with Crippen molar-refractivity contribution < 1.29 is 32.2 Å². The predicted octanol–water partition coefficient (Wildman–Crippen LogP) is 3.98. The van der Waals surface area contributed by atoms with Crippen LogP contribution < -0.4 is 4.74 Å². The predicted molar refractivity (Wildman–Crippen MR) is 65.0 cm³/mol. The molecule has 112 valence electrons. The monoisotopic (exact) mass is 301 g/mol. The molecule has 0 amide bonds. The SMILES string of the molecule is CCc1ccccc1-c1nc(OC(=O)O)c(C(F)(F)F)o1. The van der Waals surface area contributed by atoms with Crippen LogP contribution in [0.15, 0.2) is 28.7 Å². The van der Waals surface area contributed by atoms with Crippen molar-refractivity contribution in [3.05, 3.63) is 35.6 Å². The molecule has 0 aliphatic heterocycles. The van der Waals surface area contributed by atoms with E-state index in [-0.39, 0.29) is 5.89 Å². The highest BCUT2D eigenvalue weighted by atomic mass is 19.4. The quantitative estimate of drug-likeness (QED) is 0.868. The summed E-state index contributed by atoms with van der Waals surface area (Å²) < 4.78 is 47.1. The van der Waals surface area contributed by atoms with Gasteiger partial charge in [-0.1, -0.05) is 25.1 Å². The summed E-state index contributed by atoms with van der Waals surface area (Å²) in [6.45, 7) is 1.82. The molecule has 2 aromatic rings. The number of carboxylic acid groups (broad SMARTS) is 1. The molecule has 0 saturated heterocycles. The summed E-state index contributed by atoms with van der Waals surface area (Å²) in [6.07, 6.45) is -6.25. The van der Waals surface area contributed by atoms with Gasteiger partial charge in [-0.15, -0.1) is 0 Å². The third kappa shape index (κ3) is 3.15. The van der Waals surface area contributed by atoms with Gasteiger partial charge in [0.25, 0.3) is 11.6 Å². The Morgan fingerprint density at radius 1 is 1.38 bits per heavy atom. The molecular weight excluding hydrogens is 291 g/mol. The molecule has 0 bridgehead atoms. The van der Waals surface area contributed by atoms with Crippen LogP contribution in [-0.2, 0) is 12.6 Å². The maximum absolute atomic E-state index is 12.8. The molecule has 0 atom stereocenters. The van der Waals surface area contributed by atoms with E-state index in [9.17, 15) is 18.0 Å². The number of rotatable bonds is 3. The molecule has 1 heterocycles. The lowest BCUT2D eigenvalue weighted by Crippen LogP contribution is -2.10. The Bertz CT molecular complexity index is 664. The van der Waals surface area contributed by atoms with Crippen molar-refractivity contribution in [3.8, 4) is 17.3 Å². The lowest BCUT2D eigenvalue weighted by atomic mass is 10.1. The summed E-state index contributed by atoms with van der Waals surface area (Å²) >= 11 is 0. The second kappa shape index (κ2) is 5.47. The third-order valence-electron chi connectivity index (χ3n) is 2.67. The number of oxazole rings is 1. The van der Waals surface area contributed by atoms with Crippen LogP contribution in [-0.4, -0.2) is 16.2 Å². The maximum Gasteiger partial charge on any atom is 0.512 e. The number of aryl methyl sites for hydroxylation is 1. The maximum atomic E-state index is 12.8. The topological polar surface area (TPSA) is 72.6 Å². The Morgan fingerprint density at radius 2 is 2.05 bits per heavy atom. The summed E-state index contributed by atoms with van der Waals surface area (Å²) in [5, 5.41) is 8.47. The number of carbonyl (C=O) groups is 1. The average molecular weight is 301 g/mol. The molecule has 0 fully saturated rings. The van der Waals surface area contributed by atoms with Gasteiger partial charge < -0.3 is 14.3 Å². The van der Waals surface area contributed by atoms with Crippen LogP contribution in [0.1, 0.15) is 18.2 Å². The van der Waals surface area contributed by atoms with Crippen LogP contribution in [0.4, 0.5) is 18.0 Å². The zero-order chi connectivity index (χ0) is 15.6. The first kappa shape index (κ1) is 14.9. The number of aromatic nitrogens is 1. The number of halogens is 3. The average Bonchev–Trinajstić information content (AvgIpc) is 2.81. The van der Waals surface area contributed by atoms with Crippen LogP contribution in [0.2, 0.25) is 0 Å². The molecule has 0 aliphatic rings. The summed E-state index contributed by atoms with van der Waals surface area (Å²) in [7, 11) is 0. The van der Waals surface area contributed by atoms with Gasteiger partial charge in [0.05, 0.1) is 0 Å². The standard InChI is InChI=1S/C13H10F3NO4/c1-2-7-5-3-4-6-8(7)10-17-11(21-12(18)19)9(20-10)13(14,15)16/h3-6H,2H2,1H3,(H,18,19). The van der Waals surface area contributed by atoms with Gasteiger partial charge in [-0.2, -0.15) is 18.2 Å². The molecule has 0 aliphatic carbocycles. The summed E-state index contributed by atoms with van der Waals surface area (Å²) in [5.74, 6) is -3.03. The fourth-order valence-corrected chi connectivity index (χ4v) is 1.79. The number of alkyl halides is 3. The fourth-order valence-electron chi connectivity index (χ4n) is 1.79. The van der Waals surface area contributed by atoms with Crippen molar-refractivity contribution in [1.82, 2.24) is 4.98 Å². The lowest BCUT2D eigenvalue weighted by Gasteiger charge is -2.03. The van der Waals surface area contributed by atoms with Crippen LogP contribution in [0.5, 0.6) is 5.88 Å². The summed E-state index contributed by atoms with van der Waals surface area (Å²) in [4.78, 5) is 14.0. The van der Waals surface area contributed by atoms with Crippen molar-refractivity contribution >= 4 is 6.16 Å². The first-order chi connectivity index (χ1) is 9.82. The Labute approximate surface area is 117 Å². The number of hydrogen-bond donors (Lipinski definition) is 1. The van der Waals surface area contributed by atoms with Gasteiger partial charge in [0.1, 0.15) is 0 Å². The summed E-state index contributed by atoms with van der Waals surface area (Å²) in [5.41, 5.74) is 1.07. The van der Waals surface area contributed by atoms with Crippen molar-refractivity contribution in [1.29, 1.82) is 0 Å². The van der Waals surface area contributed by atoms with Gasteiger partial charge in [-0.25, -0.2) is 4.79 Å². The van der Waals surface area contributed by atoms with Crippen molar-refractivity contribution in [2.75, 3.05) is 0 Å². The van der Waals surface area contributed by atoms with Crippen molar-refractivity contribution in [2.24, 2.45) is 0 Å². The lowest BCUT2D eigenvalue weighted by molar-refractivity contribution is -0.153. The molecule has 1 aromatic carbocycles. The fraction of sp³-hybridized carbons (Fsp3) is 0.231. The molecule has 0 saturated carbocycles. The van der Waals surface area contributed by atoms with E-state index in [4.69, 9.17) is 5.11 Å². The zero-order valence-electron chi connectivity index (χ0n) is 10.8. The Morgan fingerprint density at radius 3 is 2.62 bits per heavy atom. The smallest absolute Gasteiger partial charge is 0.449 e. The highest BCUT2D eigenvalue weighted by Crippen LogP contribution is 2.39. The third-order valence-corrected chi connectivity index (χ3v) is 2.67. The van der Waals surface area contributed by atoms with E-state index in [1.807, 2.05) is 6.92 Å². The minimum absolute atomic E-state index is 0.337. The van der Waals surface area contributed by atoms with Gasteiger partial charge in [0.2, 0.25) is 5.89 Å². The molecule has 0 radical (unpaired) electrons. The Balaban J connectivity index is 2.56. The van der Waals surface area contributed by atoms with Crippen molar-refractivity contribution in [3.63, 3.8) is 0 Å². The highest BCUT2D eigenvalue weighted by Gasteiger charge is 2.42. The number of hydrogen-bond acceptors (Lipinski definition) is 4. The van der Waals surface area contributed by atoms with E-state index in [1.165, 1.54) is 6.07 Å². The second-order valence-electron chi connectivity index (χ2n) is 4.03. The van der Waals surface area contributed by atoms with Crippen LogP contribution in [0.3, 0.4) is 0 Å². The van der Waals surface area contributed by atoms with E-state index < -0.39 is 24.0 Å². The number of ether oxygens (including phenoxy) is 1. The first-order valence-electron chi connectivity index (χ1n) is 5.90. The number of benzene rings is 1. The van der Waals surface area contributed by atoms with E-state index in [0.29, 0.717) is 17.5 Å². The minimum Gasteiger partial charge on any atom is -0.449 e. The molecule has 0 unspecified atom stereocenters. The summed E-state index contributed by atoms with van der Waals surface area (Å²) in [6, 6.07) is 6.59. The largest absolute Gasteiger partial charge is 0.512 e.